The van der Waals surface area contributed by atoms with Crippen LogP contribution in [0.3, 0.4) is 0 Å². The van der Waals surface area contributed by atoms with Gasteiger partial charge in [-0.25, -0.2) is 10.2 Å². The third-order valence-corrected chi connectivity index (χ3v) is 2.71. The van der Waals surface area contributed by atoms with Crippen LogP contribution in [-0.2, 0) is 0 Å². The first kappa shape index (κ1) is 8.29. The summed E-state index contributed by atoms with van der Waals surface area (Å²) in [4.78, 5) is 10.5. The van der Waals surface area contributed by atoms with Crippen molar-refractivity contribution in [3.63, 3.8) is 0 Å². The number of fused-ring (bicyclic) bond motifs is 2. The first-order valence-electron chi connectivity index (χ1n) is 4.57. The number of hydrogen-bond donors (Lipinski definition) is 2. The van der Waals surface area contributed by atoms with E-state index in [1.807, 2.05) is 0 Å². The molecule has 0 aromatic carbocycles. The number of nitrogens with one attached hydrogen (secondary N) is 1. The lowest BCUT2D eigenvalue weighted by atomic mass is 9.93. The van der Waals surface area contributed by atoms with Gasteiger partial charge in [0.25, 0.3) is 0 Å². The van der Waals surface area contributed by atoms with Crippen molar-refractivity contribution in [1.29, 1.82) is 0 Å². The van der Waals surface area contributed by atoms with Gasteiger partial charge < -0.3 is 5.73 Å². The van der Waals surface area contributed by atoms with E-state index in [9.17, 15) is 4.79 Å². The summed E-state index contributed by atoms with van der Waals surface area (Å²) in [6.45, 7) is 0. The number of allylic oxidation sites excluding steroid dienone is 2. The fraction of sp³-hybridized carbons (Fsp3) is 0.556. The maximum absolute atomic E-state index is 10.5. The number of hydrazone groups is 1. The van der Waals surface area contributed by atoms with Crippen molar-refractivity contribution < 1.29 is 4.79 Å². The molecule has 2 amide bonds. The average Bonchev–Trinajstić information content (AvgIpc) is 2.34. The van der Waals surface area contributed by atoms with Crippen LogP contribution in [0.15, 0.2) is 17.3 Å². The Morgan fingerprint density at radius 3 is 3.15 bits per heavy atom. The van der Waals surface area contributed by atoms with E-state index in [0.717, 1.165) is 18.6 Å². The van der Waals surface area contributed by atoms with Crippen LogP contribution in [0.25, 0.3) is 0 Å². The predicted octanol–water partition coefficient (Wildman–Crippen LogP) is 0.997. The lowest BCUT2D eigenvalue weighted by Crippen LogP contribution is -2.28. The first-order chi connectivity index (χ1) is 6.27. The van der Waals surface area contributed by atoms with E-state index in [1.165, 1.54) is 6.42 Å². The minimum Gasteiger partial charge on any atom is -0.350 e. The van der Waals surface area contributed by atoms with Gasteiger partial charge in [0.1, 0.15) is 0 Å². The number of hydrogen-bond acceptors (Lipinski definition) is 2. The number of carbonyl (C=O) groups excluding carboxylic acids is 1. The van der Waals surface area contributed by atoms with Crippen molar-refractivity contribution in [3.05, 3.63) is 12.2 Å². The first-order valence-corrected chi connectivity index (χ1v) is 4.57. The zero-order chi connectivity index (χ0) is 9.26. The maximum Gasteiger partial charge on any atom is 0.332 e. The highest BCUT2D eigenvalue weighted by atomic mass is 16.2. The number of carbonyl (C=O) groups is 1. The number of nitrogens with zero attached hydrogens (tertiary/aromatic N) is 1. The van der Waals surface area contributed by atoms with Crippen molar-refractivity contribution in [2.45, 2.75) is 19.3 Å². The molecular weight excluding hydrogens is 166 g/mol. The van der Waals surface area contributed by atoms with Gasteiger partial charge in [-0.3, -0.25) is 0 Å². The van der Waals surface area contributed by atoms with Gasteiger partial charge in [-0.05, 0) is 19.3 Å². The molecule has 2 unspecified atom stereocenters. The van der Waals surface area contributed by atoms with Crippen LogP contribution in [0.2, 0.25) is 0 Å². The van der Waals surface area contributed by atoms with Crippen LogP contribution in [-0.4, -0.2) is 11.7 Å². The molecule has 13 heavy (non-hydrogen) atoms. The summed E-state index contributed by atoms with van der Waals surface area (Å²) in [6.07, 6.45) is 7.75. The quantitative estimate of drug-likeness (QED) is 0.457. The molecule has 2 atom stereocenters. The van der Waals surface area contributed by atoms with Crippen LogP contribution in [0.5, 0.6) is 0 Å². The highest BCUT2D eigenvalue weighted by molar-refractivity contribution is 5.93. The van der Waals surface area contributed by atoms with Gasteiger partial charge in [-0.2, -0.15) is 5.10 Å². The largest absolute Gasteiger partial charge is 0.350 e. The van der Waals surface area contributed by atoms with Crippen LogP contribution in [0.1, 0.15) is 19.3 Å². The fourth-order valence-corrected chi connectivity index (χ4v) is 2.11. The van der Waals surface area contributed by atoms with Crippen LogP contribution < -0.4 is 11.2 Å². The van der Waals surface area contributed by atoms with E-state index < -0.39 is 6.03 Å². The van der Waals surface area contributed by atoms with Crippen molar-refractivity contribution in [3.8, 4) is 0 Å². The van der Waals surface area contributed by atoms with Gasteiger partial charge in [0.2, 0.25) is 0 Å². The average molecular weight is 179 g/mol. The molecule has 4 heteroatoms. The SMILES string of the molecule is NC(=O)N/N=C1\C2C=CCC1CC2. The zero-order valence-corrected chi connectivity index (χ0v) is 7.36. The number of primary amides is 1. The molecule has 4 nitrogen and oxygen atoms in total. The highest BCUT2D eigenvalue weighted by Gasteiger charge is 2.32. The summed E-state index contributed by atoms with van der Waals surface area (Å²) < 4.78 is 0. The summed E-state index contributed by atoms with van der Waals surface area (Å²) in [6, 6.07) is -0.582. The Morgan fingerprint density at radius 1 is 1.62 bits per heavy atom. The van der Waals surface area contributed by atoms with Crippen molar-refractivity contribution in [2.75, 3.05) is 0 Å². The molecule has 70 valence electrons. The number of amides is 2. The summed E-state index contributed by atoms with van der Waals surface area (Å²) >= 11 is 0. The Bertz CT molecular complexity index is 283. The van der Waals surface area contributed by atoms with Crippen LogP contribution in [0, 0.1) is 11.8 Å². The molecule has 0 saturated heterocycles. The molecule has 3 N–H and O–H groups in total. The number of urea groups is 1. The van der Waals surface area contributed by atoms with Crippen LogP contribution >= 0.6 is 0 Å². The summed E-state index contributed by atoms with van der Waals surface area (Å²) in [5.74, 6) is 0.965. The number of rotatable bonds is 1. The van der Waals surface area contributed by atoms with Gasteiger partial charge in [0.05, 0.1) is 0 Å². The van der Waals surface area contributed by atoms with E-state index in [1.54, 1.807) is 0 Å². The van der Waals surface area contributed by atoms with Crippen molar-refractivity contribution in [1.82, 2.24) is 5.43 Å². The molecule has 0 aliphatic heterocycles. The van der Waals surface area contributed by atoms with Gasteiger partial charge in [0.15, 0.2) is 0 Å². The standard InChI is InChI=1S/C9H13N3O/c10-9(13)12-11-8-6-2-1-3-7(8)5-4-6/h1-2,6-7H,3-5H2,(H3,10,12,13)/b11-8+. The highest BCUT2D eigenvalue weighted by Crippen LogP contribution is 2.35. The second kappa shape index (κ2) is 3.20. The second-order valence-electron chi connectivity index (χ2n) is 3.56. The molecular formula is C9H13N3O. The molecule has 0 aromatic heterocycles. The van der Waals surface area contributed by atoms with Gasteiger partial charge in [-0.15, -0.1) is 0 Å². The second-order valence-corrected chi connectivity index (χ2v) is 3.56. The molecule has 0 heterocycles. The molecule has 1 fully saturated rings. The van der Waals surface area contributed by atoms with Gasteiger partial charge in [0, 0.05) is 17.5 Å². The third-order valence-electron chi connectivity index (χ3n) is 2.71. The smallest absolute Gasteiger partial charge is 0.332 e. The Labute approximate surface area is 76.9 Å². The molecule has 0 radical (unpaired) electrons. The molecule has 2 aliphatic carbocycles. The van der Waals surface area contributed by atoms with Crippen LogP contribution in [0.4, 0.5) is 4.79 Å². The zero-order valence-electron chi connectivity index (χ0n) is 7.36. The molecule has 2 bridgehead atoms. The van der Waals surface area contributed by atoms with Crippen molar-refractivity contribution >= 4 is 11.7 Å². The van der Waals surface area contributed by atoms with Crippen molar-refractivity contribution in [2.24, 2.45) is 22.7 Å². The Morgan fingerprint density at radius 2 is 2.46 bits per heavy atom. The normalized spacial score (nSPS) is 33.7. The van der Waals surface area contributed by atoms with E-state index in [2.05, 4.69) is 22.7 Å². The fourth-order valence-electron chi connectivity index (χ4n) is 2.11. The summed E-state index contributed by atoms with van der Waals surface area (Å²) in [5.41, 5.74) is 8.35. The third kappa shape index (κ3) is 1.56. The van der Waals surface area contributed by atoms with E-state index in [4.69, 9.17) is 5.73 Å². The summed E-state index contributed by atoms with van der Waals surface area (Å²) in [7, 11) is 0. The molecule has 2 aliphatic rings. The van der Waals surface area contributed by atoms with E-state index in [-0.39, 0.29) is 0 Å². The predicted molar refractivity (Wildman–Crippen MR) is 50.1 cm³/mol. The molecule has 0 spiro atoms. The topological polar surface area (TPSA) is 67.5 Å². The van der Waals surface area contributed by atoms with E-state index >= 15 is 0 Å². The lowest BCUT2D eigenvalue weighted by molar-refractivity contribution is 0.249. The molecule has 1 saturated carbocycles. The molecule has 2 rings (SSSR count). The Kier molecular flexibility index (Phi) is 2.04. The van der Waals surface area contributed by atoms with E-state index in [0.29, 0.717) is 11.8 Å². The minimum atomic E-state index is -0.582. The molecule has 0 aromatic rings. The Balaban J connectivity index is 2.11. The maximum atomic E-state index is 10.5. The number of nitrogens with two attached hydrogens (primary N) is 1. The van der Waals surface area contributed by atoms with Gasteiger partial charge >= 0.3 is 6.03 Å². The van der Waals surface area contributed by atoms with Gasteiger partial charge in [-0.1, -0.05) is 12.2 Å². The minimum absolute atomic E-state index is 0.436. The monoisotopic (exact) mass is 179 g/mol. The Hall–Kier alpha value is -1.32. The lowest BCUT2D eigenvalue weighted by Gasteiger charge is -2.15. The summed E-state index contributed by atoms with van der Waals surface area (Å²) in [5, 5.41) is 4.05.